The van der Waals surface area contributed by atoms with Gasteiger partial charge in [-0.05, 0) is 37.5 Å². The minimum Gasteiger partial charge on any atom is -0.351 e. The van der Waals surface area contributed by atoms with E-state index in [1.54, 1.807) is 23.1 Å². The fourth-order valence-corrected chi connectivity index (χ4v) is 3.31. The highest BCUT2D eigenvalue weighted by Crippen LogP contribution is 2.33. The number of hydrogen-bond donors (Lipinski definition) is 2. The molecule has 2 N–H and O–H groups in total. The van der Waals surface area contributed by atoms with E-state index >= 15 is 0 Å². The molecule has 2 aliphatic rings. The van der Waals surface area contributed by atoms with E-state index in [0.29, 0.717) is 22.8 Å². The number of non-ortho nitro benzene ring substituents is 1. The highest BCUT2D eigenvalue weighted by Gasteiger charge is 2.36. The molecule has 136 valence electrons. The van der Waals surface area contributed by atoms with Gasteiger partial charge in [0.15, 0.2) is 5.11 Å². The zero-order valence-electron chi connectivity index (χ0n) is 14.4. The predicted octanol–water partition coefficient (Wildman–Crippen LogP) is 2.56. The molecular weight excluding hydrogens is 352 g/mol. The number of nitro groups is 1. The lowest BCUT2D eigenvalue weighted by atomic mass is 9.94. The smallest absolute Gasteiger partial charge is 0.269 e. The molecular formula is C18H20N4O3S. The molecule has 0 saturated heterocycles. The topological polar surface area (TPSA) is 87.5 Å². The number of rotatable bonds is 6. The molecule has 1 fully saturated rings. The first-order chi connectivity index (χ1) is 12.4. The molecule has 1 aliphatic carbocycles. The van der Waals surface area contributed by atoms with Gasteiger partial charge < -0.3 is 15.5 Å². The normalized spacial score (nSPS) is 19.8. The van der Waals surface area contributed by atoms with Crippen molar-refractivity contribution >= 4 is 28.9 Å². The molecule has 1 atom stereocenters. The molecule has 0 radical (unpaired) electrons. The number of benzene rings is 1. The number of carbonyl (C=O) groups is 1. The molecule has 1 aliphatic heterocycles. The number of thiocarbonyl (C=S) groups is 1. The van der Waals surface area contributed by atoms with Crippen LogP contribution < -0.4 is 10.6 Å². The van der Waals surface area contributed by atoms with Crippen LogP contribution in [-0.2, 0) is 4.79 Å². The van der Waals surface area contributed by atoms with Crippen LogP contribution in [0.2, 0.25) is 0 Å². The summed E-state index contributed by atoms with van der Waals surface area (Å²) in [4.78, 5) is 25.4. The first-order valence-electron chi connectivity index (χ1n) is 8.37. The number of allylic oxidation sites excluding steroid dienone is 1. The average molecular weight is 372 g/mol. The van der Waals surface area contributed by atoms with Crippen molar-refractivity contribution in [3.05, 3.63) is 63.9 Å². The number of carbonyl (C=O) groups excluding carboxylic acids is 1. The van der Waals surface area contributed by atoms with Crippen LogP contribution in [-0.4, -0.2) is 33.4 Å². The van der Waals surface area contributed by atoms with Gasteiger partial charge in [0.2, 0.25) is 0 Å². The van der Waals surface area contributed by atoms with Gasteiger partial charge in [0.1, 0.15) is 0 Å². The maximum absolute atomic E-state index is 12.9. The van der Waals surface area contributed by atoms with E-state index in [9.17, 15) is 14.9 Å². The van der Waals surface area contributed by atoms with Crippen LogP contribution in [0.1, 0.15) is 31.4 Å². The van der Waals surface area contributed by atoms with Gasteiger partial charge in [0.25, 0.3) is 11.6 Å². The molecule has 0 bridgehead atoms. The van der Waals surface area contributed by atoms with Gasteiger partial charge in [-0.15, -0.1) is 6.58 Å². The van der Waals surface area contributed by atoms with Gasteiger partial charge >= 0.3 is 0 Å². The second kappa shape index (κ2) is 7.25. The van der Waals surface area contributed by atoms with Crippen molar-refractivity contribution in [2.24, 2.45) is 0 Å². The van der Waals surface area contributed by atoms with Crippen LogP contribution in [0.5, 0.6) is 0 Å². The Hall–Kier alpha value is -2.74. The Bertz CT molecular complexity index is 816. The molecule has 1 heterocycles. The number of nitro benzene ring substituents is 1. The van der Waals surface area contributed by atoms with Crippen molar-refractivity contribution < 1.29 is 9.72 Å². The van der Waals surface area contributed by atoms with Crippen LogP contribution in [0.4, 0.5) is 5.69 Å². The fourth-order valence-electron chi connectivity index (χ4n) is 2.98. The Labute approximate surface area is 156 Å². The van der Waals surface area contributed by atoms with E-state index in [0.717, 1.165) is 18.5 Å². The van der Waals surface area contributed by atoms with E-state index in [2.05, 4.69) is 17.2 Å². The molecule has 1 saturated carbocycles. The van der Waals surface area contributed by atoms with Gasteiger partial charge in [-0.1, -0.05) is 18.2 Å². The van der Waals surface area contributed by atoms with E-state index in [4.69, 9.17) is 12.2 Å². The number of nitrogens with one attached hydrogen (secondary N) is 2. The molecule has 26 heavy (non-hydrogen) atoms. The Morgan fingerprint density at radius 3 is 2.88 bits per heavy atom. The molecule has 1 aromatic carbocycles. The SMILES string of the molecule is C=CCN1C(=S)N[C@H](c2cccc([N+](=O)[O-])c2)C(C(=O)NC2CC2)=C1C. The molecule has 1 amide bonds. The Kier molecular flexibility index (Phi) is 5.03. The number of nitrogens with zero attached hydrogens (tertiary/aromatic N) is 2. The van der Waals surface area contributed by atoms with E-state index in [-0.39, 0.29) is 17.6 Å². The molecule has 8 heteroatoms. The molecule has 0 unspecified atom stereocenters. The van der Waals surface area contributed by atoms with Crippen LogP contribution >= 0.6 is 12.2 Å². The van der Waals surface area contributed by atoms with Crippen molar-refractivity contribution in [3.8, 4) is 0 Å². The van der Waals surface area contributed by atoms with Crippen LogP contribution in [0, 0.1) is 10.1 Å². The summed E-state index contributed by atoms with van der Waals surface area (Å²) in [6.07, 6.45) is 3.66. The van der Waals surface area contributed by atoms with E-state index < -0.39 is 11.0 Å². The zero-order chi connectivity index (χ0) is 18.8. The summed E-state index contributed by atoms with van der Waals surface area (Å²) in [5, 5.41) is 17.7. The van der Waals surface area contributed by atoms with E-state index in [1.807, 2.05) is 6.92 Å². The third-order valence-electron chi connectivity index (χ3n) is 4.48. The second-order valence-corrected chi connectivity index (χ2v) is 6.77. The first kappa shape index (κ1) is 18.1. The Morgan fingerprint density at radius 1 is 1.54 bits per heavy atom. The molecule has 1 aromatic rings. The highest BCUT2D eigenvalue weighted by molar-refractivity contribution is 7.80. The van der Waals surface area contributed by atoms with Crippen molar-refractivity contribution in [2.75, 3.05) is 6.54 Å². The Balaban J connectivity index is 2.04. The highest BCUT2D eigenvalue weighted by atomic mass is 32.1. The monoisotopic (exact) mass is 372 g/mol. The summed E-state index contributed by atoms with van der Waals surface area (Å²) in [7, 11) is 0. The van der Waals surface area contributed by atoms with Crippen molar-refractivity contribution in [1.82, 2.24) is 15.5 Å². The van der Waals surface area contributed by atoms with Crippen LogP contribution in [0.25, 0.3) is 0 Å². The first-order valence-corrected chi connectivity index (χ1v) is 8.78. The minimum atomic E-state index is -0.540. The Morgan fingerprint density at radius 2 is 2.27 bits per heavy atom. The summed E-state index contributed by atoms with van der Waals surface area (Å²) in [6, 6.07) is 5.93. The lowest BCUT2D eigenvalue weighted by Crippen LogP contribution is -2.49. The molecule has 3 rings (SSSR count). The number of amides is 1. The predicted molar refractivity (Wildman–Crippen MR) is 102 cm³/mol. The second-order valence-electron chi connectivity index (χ2n) is 6.38. The summed E-state index contributed by atoms with van der Waals surface area (Å²) in [5.41, 5.74) is 1.85. The van der Waals surface area contributed by atoms with Gasteiger partial charge in [-0.25, -0.2) is 0 Å². The molecule has 0 spiro atoms. The largest absolute Gasteiger partial charge is 0.351 e. The maximum Gasteiger partial charge on any atom is 0.269 e. The van der Waals surface area contributed by atoms with Crippen molar-refractivity contribution in [3.63, 3.8) is 0 Å². The standard InChI is InChI=1S/C18H20N4O3S/c1-3-9-21-11(2)15(17(23)19-13-7-8-13)16(20-18(21)26)12-5-4-6-14(10-12)22(24)25/h3-6,10,13,16H,1,7-9H2,2H3,(H,19,23)(H,20,26)/t16-/m1/s1. The number of hydrogen-bond acceptors (Lipinski definition) is 4. The van der Waals surface area contributed by atoms with Gasteiger partial charge in [0, 0.05) is 30.4 Å². The van der Waals surface area contributed by atoms with Crippen LogP contribution in [0.15, 0.2) is 48.2 Å². The quantitative estimate of drug-likeness (QED) is 0.345. The van der Waals surface area contributed by atoms with Crippen molar-refractivity contribution in [1.29, 1.82) is 0 Å². The molecule has 0 aromatic heterocycles. The summed E-state index contributed by atoms with van der Waals surface area (Å²) in [6.45, 7) is 6.04. The lowest BCUT2D eigenvalue weighted by Gasteiger charge is -2.37. The summed E-state index contributed by atoms with van der Waals surface area (Å²) >= 11 is 5.44. The van der Waals surface area contributed by atoms with Crippen LogP contribution in [0.3, 0.4) is 0 Å². The van der Waals surface area contributed by atoms with E-state index in [1.165, 1.54) is 12.1 Å². The summed E-state index contributed by atoms with van der Waals surface area (Å²) < 4.78 is 0. The third-order valence-corrected chi connectivity index (χ3v) is 4.82. The maximum atomic E-state index is 12.9. The third kappa shape index (κ3) is 3.60. The minimum absolute atomic E-state index is 0.0247. The van der Waals surface area contributed by atoms with Gasteiger partial charge in [-0.3, -0.25) is 14.9 Å². The van der Waals surface area contributed by atoms with Gasteiger partial charge in [0.05, 0.1) is 16.5 Å². The zero-order valence-corrected chi connectivity index (χ0v) is 15.2. The average Bonchev–Trinajstić information content (AvgIpc) is 3.42. The molecule has 7 nitrogen and oxygen atoms in total. The van der Waals surface area contributed by atoms with Crippen molar-refractivity contribution in [2.45, 2.75) is 31.8 Å². The fraction of sp³-hybridized carbons (Fsp3) is 0.333. The van der Waals surface area contributed by atoms with Gasteiger partial charge in [-0.2, -0.15) is 0 Å². The summed E-state index contributed by atoms with van der Waals surface area (Å²) in [5.74, 6) is -0.175. The lowest BCUT2D eigenvalue weighted by molar-refractivity contribution is -0.384.